The highest BCUT2D eigenvalue weighted by molar-refractivity contribution is 6.13. The van der Waals surface area contributed by atoms with Gasteiger partial charge in [0, 0.05) is 48.7 Å². The number of nitrogens with zero attached hydrogens (tertiary/aromatic N) is 6. The molecule has 4 aromatic heterocycles. The summed E-state index contributed by atoms with van der Waals surface area (Å²) in [4.78, 5) is 33.2. The lowest BCUT2D eigenvalue weighted by atomic mass is 10.0. The van der Waals surface area contributed by atoms with Crippen molar-refractivity contribution in [3.05, 3.63) is 84.4 Å². The molecular formula is C32H25F5N6O3. The number of pyridine rings is 4. The van der Waals surface area contributed by atoms with E-state index in [2.05, 4.69) is 19.9 Å². The highest BCUT2D eigenvalue weighted by Gasteiger charge is 2.46. The van der Waals surface area contributed by atoms with E-state index in [0.29, 0.717) is 43.0 Å². The number of alkyl halides is 3. The molecule has 0 unspecified atom stereocenters. The number of aromatic nitrogens is 4. The number of rotatable bonds is 6. The zero-order valence-corrected chi connectivity index (χ0v) is 24.5. The van der Waals surface area contributed by atoms with Crippen molar-refractivity contribution in [2.45, 2.75) is 13.1 Å². The third-order valence-electron chi connectivity index (χ3n) is 7.48. The molecule has 0 spiro atoms. The van der Waals surface area contributed by atoms with Gasteiger partial charge < -0.3 is 14.4 Å². The SMILES string of the molecule is COc1cncc(-c2ncc(N3CCOCC3)cc2N(C(=O)C(F)(F)F)c2c(C)c(-c3ccccn3)nc3cc(F)cc(F)c23)c1. The Morgan fingerprint density at radius 1 is 1.00 bits per heavy atom. The number of carbonyl (C=O) groups is 1. The molecule has 9 nitrogen and oxygen atoms in total. The first kappa shape index (κ1) is 30.8. The summed E-state index contributed by atoms with van der Waals surface area (Å²) in [5.74, 6) is -4.28. The van der Waals surface area contributed by atoms with Gasteiger partial charge in [-0.3, -0.25) is 24.6 Å². The molecule has 1 aromatic carbocycles. The molecule has 0 bridgehead atoms. The molecule has 14 heteroatoms. The van der Waals surface area contributed by atoms with Crippen LogP contribution in [0.5, 0.6) is 5.75 Å². The van der Waals surface area contributed by atoms with Crippen molar-refractivity contribution >= 4 is 33.9 Å². The first-order chi connectivity index (χ1) is 22.1. The number of halogens is 5. The summed E-state index contributed by atoms with van der Waals surface area (Å²) in [6.07, 6.45) is 0.212. The van der Waals surface area contributed by atoms with E-state index in [1.165, 1.54) is 51.0 Å². The lowest BCUT2D eigenvalue weighted by molar-refractivity contribution is -0.169. The summed E-state index contributed by atoms with van der Waals surface area (Å²) in [6.45, 7) is 2.94. The second kappa shape index (κ2) is 12.3. The van der Waals surface area contributed by atoms with Crippen molar-refractivity contribution < 1.29 is 36.2 Å². The number of morpholine rings is 1. The van der Waals surface area contributed by atoms with Crippen LogP contribution in [0.25, 0.3) is 33.5 Å². The molecule has 0 N–H and O–H groups in total. The van der Waals surface area contributed by atoms with Crippen molar-refractivity contribution in [1.29, 1.82) is 0 Å². The Bertz CT molecular complexity index is 1930. The minimum Gasteiger partial charge on any atom is -0.495 e. The molecule has 5 aromatic rings. The molecule has 5 heterocycles. The highest BCUT2D eigenvalue weighted by Crippen LogP contribution is 2.45. The average molecular weight is 637 g/mol. The quantitative estimate of drug-likeness (QED) is 0.198. The summed E-state index contributed by atoms with van der Waals surface area (Å²) in [5.41, 5.74) is -0.384. The van der Waals surface area contributed by atoms with Crippen LogP contribution in [0.1, 0.15) is 5.56 Å². The number of hydrogen-bond acceptors (Lipinski definition) is 8. The first-order valence-electron chi connectivity index (χ1n) is 14.0. The molecule has 0 aliphatic carbocycles. The molecule has 6 rings (SSSR count). The Hall–Kier alpha value is -5.24. The van der Waals surface area contributed by atoms with Crippen molar-refractivity contribution in [2.24, 2.45) is 0 Å². The molecule has 236 valence electrons. The predicted molar refractivity (Wildman–Crippen MR) is 160 cm³/mol. The topological polar surface area (TPSA) is 93.6 Å². The summed E-state index contributed by atoms with van der Waals surface area (Å²) in [5, 5.41) is -0.498. The van der Waals surface area contributed by atoms with Crippen LogP contribution in [0, 0.1) is 18.6 Å². The zero-order valence-electron chi connectivity index (χ0n) is 24.5. The minimum atomic E-state index is -5.44. The molecule has 0 atom stereocenters. The normalized spacial score (nSPS) is 13.6. The number of methoxy groups -OCH3 is 1. The molecule has 1 aliphatic heterocycles. The van der Waals surface area contributed by atoms with Crippen LogP contribution in [0.3, 0.4) is 0 Å². The maximum absolute atomic E-state index is 15.8. The van der Waals surface area contributed by atoms with E-state index in [1.54, 1.807) is 18.2 Å². The van der Waals surface area contributed by atoms with Crippen LogP contribution in [0.15, 0.2) is 67.3 Å². The van der Waals surface area contributed by atoms with Gasteiger partial charge in [-0.15, -0.1) is 0 Å². The minimum absolute atomic E-state index is 0.0131. The maximum atomic E-state index is 15.8. The van der Waals surface area contributed by atoms with E-state index in [0.717, 1.165) is 6.07 Å². The third kappa shape index (κ3) is 5.78. The lowest BCUT2D eigenvalue weighted by Crippen LogP contribution is -2.40. The van der Waals surface area contributed by atoms with Crippen molar-refractivity contribution in [3.63, 3.8) is 0 Å². The fourth-order valence-electron chi connectivity index (χ4n) is 5.37. The number of carbonyl (C=O) groups excluding carboxylic acids is 1. The van der Waals surface area contributed by atoms with Gasteiger partial charge in [0.25, 0.3) is 0 Å². The largest absolute Gasteiger partial charge is 0.495 e. The summed E-state index contributed by atoms with van der Waals surface area (Å²) < 4.78 is 85.0. The highest BCUT2D eigenvalue weighted by atomic mass is 19.4. The lowest BCUT2D eigenvalue weighted by Gasteiger charge is -2.32. The van der Waals surface area contributed by atoms with E-state index in [9.17, 15) is 22.4 Å². The number of ether oxygens (including phenoxy) is 2. The number of anilines is 3. The van der Waals surface area contributed by atoms with Crippen LogP contribution in [0.2, 0.25) is 0 Å². The monoisotopic (exact) mass is 636 g/mol. The Morgan fingerprint density at radius 2 is 1.78 bits per heavy atom. The van der Waals surface area contributed by atoms with Gasteiger partial charge >= 0.3 is 12.1 Å². The van der Waals surface area contributed by atoms with Gasteiger partial charge in [-0.05, 0) is 31.2 Å². The number of benzene rings is 1. The van der Waals surface area contributed by atoms with Crippen LogP contribution in [-0.4, -0.2) is 65.4 Å². The smallest absolute Gasteiger partial charge is 0.472 e. The Balaban J connectivity index is 1.73. The number of amides is 1. The first-order valence-corrected chi connectivity index (χ1v) is 14.0. The van der Waals surface area contributed by atoms with Crippen molar-refractivity contribution in [1.82, 2.24) is 19.9 Å². The van der Waals surface area contributed by atoms with E-state index in [1.807, 2.05) is 4.90 Å². The maximum Gasteiger partial charge on any atom is 0.472 e. The van der Waals surface area contributed by atoms with Crippen LogP contribution < -0.4 is 14.5 Å². The van der Waals surface area contributed by atoms with Crippen LogP contribution in [-0.2, 0) is 9.53 Å². The molecule has 0 radical (unpaired) electrons. The molecule has 1 amide bonds. The van der Waals surface area contributed by atoms with Gasteiger partial charge in [0.1, 0.15) is 17.4 Å². The summed E-state index contributed by atoms with van der Waals surface area (Å²) in [7, 11) is 1.39. The Morgan fingerprint density at radius 3 is 2.48 bits per heavy atom. The zero-order chi connectivity index (χ0) is 32.6. The standard InChI is InChI=1S/C32H25F5N6O3/c1-18-28(24-5-3-4-6-39-24)41-25-13-20(33)12-23(34)27(25)30(18)43(31(44)32(35,36)37)26-14-21(42-7-9-46-10-8-42)16-40-29(26)19-11-22(45-2)17-38-15-19/h3-6,11-17H,7-10H2,1-2H3. The van der Waals surface area contributed by atoms with Gasteiger partial charge in [-0.1, -0.05) is 6.07 Å². The molecule has 0 saturated carbocycles. The van der Waals surface area contributed by atoms with Gasteiger partial charge in [0.2, 0.25) is 0 Å². The molecule has 1 fully saturated rings. The fraction of sp³-hybridized carbons (Fsp3) is 0.219. The number of fused-ring (bicyclic) bond motifs is 1. The van der Waals surface area contributed by atoms with Gasteiger partial charge in [-0.25, -0.2) is 13.8 Å². The van der Waals surface area contributed by atoms with E-state index < -0.39 is 34.8 Å². The van der Waals surface area contributed by atoms with E-state index in [-0.39, 0.29) is 45.2 Å². The Kier molecular flexibility index (Phi) is 8.21. The van der Waals surface area contributed by atoms with E-state index in [4.69, 9.17) is 9.47 Å². The van der Waals surface area contributed by atoms with E-state index >= 15 is 4.39 Å². The second-order valence-corrected chi connectivity index (χ2v) is 10.3. The number of hydrogen-bond donors (Lipinski definition) is 0. The van der Waals surface area contributed by atoms with Crippen molar-refractivity contribution in [3.8, 4) is 28.4 Å². The summed E-state index contributed by atoms with van der Waals surface area (Å²) in [6, 6.07) is 9.09. The summed E-state index contributed by atoms with van der Waals surface area (Å²) >= 11 is 0. The van der Waals surface area contributed by atoms with Crippen molar-refractivity contribution in [2.75, 3.05) is 43.2 Å². The Labute approximate surface area is 259 Å². The molecule has 1 saturated heterocycles. The molecule has 46 heavy (non-hydrogen) atoms. The molecule has 1 aliphatic rings. The van der Waals surface area contributed by atoms with Gasteiger partial charge in [0.05, 0.1) is 77.8 Å². The van der Waals surface area contributed by atoms with Crippen LogP contribution >= 0.6 is 0 Å². The fourth-order valence-corrected chi connectivity index (χ4v) is 5.37. The van der Waals surface area contributed by atoms with Crippen LogP contribution in [0.4, 0.5) is 39.0 Å². The predicted octanol–water partition coefficient (Wildman–Crippen LogP) is 6.41. The van der Waals surface area contributed by atoms with Gasteiger partial charge in [-0.2, -0.15) is 13.2 Å². The molecular weight excluding hydrogens is 611 g/mol. The average Bonchev–Trinajstić information content (AvgIpc) is 3.06. The third-order valence-corrected chi connectivity index (χ3v) is 7.48. The van der Waals surface area contributed by atoms with Gasteiger partial charge in [0.15, 0.2) is 0 Å². The second-order valence-electron chi connectivity index (χ2n) is 10.3.